The van der Waals surface area contributed by atoms with Gasteiger partial charge in [0.2, 0.25) is 0 Å². The zero-order chi connectivity index (χ0) is 12.1. The van der Waals surface area contributed by atoms with Gasteiger partial charge in [0.1, 0.15) is 0 Å². The van der Waals surface area contributed by atoms with Gasteiger partial charge in [-0.1, -0.05) is 22.0 Å². The molecule has 16 heavy (non-hydrogen) atoms. The van der Waals surface area contributed by atoms with E-state index in [0.29, 0.717) is 24.4 Å². The van der Waals surface area contributed by atoms with Gasteiger partial charge in [0.25, 0.3) is 5.91 Å². The molecule has 0 saturated carbocycles. The van der Waals surface area contributed by atoms with Crippen molar-refractivity contribution in [1.82, 2.24) is 4.90 Å². The fourth-order valence-electron chi connectivity index (χ4n) is 1.32. The van der Waals surface area contributed by atoms with Crippen molar-refractivity contribution in [3.05, 3.63) is 33.8 Å². The van der Waals surface area contributed by atoms with Crippen LogP contribution in [0.15, 0.2) is 22.7 Å². The van der Waals surface area contributed by atoms with Gasteiger partial charge in [0.05, 0.1) is 0 Å². The van der Waals surface area contributed by atoms with Crippen LogP contribution in [0.5, 0.6) is 0 Å². The van der Waals surface area contributed by atoms with Crippen LogP contribution in [0.3, 0.4) is 0 Å². The van der Waals surface area contributed by atoms with E-state index in [0.717, 1.165) is 10.0 Å². The number of nitrogens with zero attached hydrogens (tertiary/aromatic N) is 1. The highest BCUT2D eigenvalue weighted by Gasteiger charge is 2.11. The molecule has 0 spiro atoms. The van der Waals surface area contributed by atoms with Crippen molar-refractivity contribution in [2.24, 2.45) is 5.73 Å². The first-order valence-corrected chi connectivity index (χ1v) is 6.37. The van der Waals surface area contributed by atoms with Crippen molar-refractivity contribution in [3.8, 4) is 0 Å². The van der Waals surface area contributed by atoms with Crippen molar-refractivity contribution in [3.63, 3.8) is 0 Å². The Bertz CT molecular complexity index is 384. The summed E-state index contributed by atoms with van der Waals surface area (Å²) in [5.41, 5.74) is 7.20. The Morgan fingerprint density at radius 3 is 2.75 bits per heavy atom. The van der Waals surface area contributed by atoms with Crippen LogP contribution in [0.1, 0.15) is 15.9 Å². The van der Waals surface area contributed by atoms with Gasteiger partial charge in [-0.05, 0) is 17.7 Å². The molecule has 1 amide bonds. The van der Waals surface area contributed by atoms with Crippen molar-refractivity contribution in [1.29, 1.82) is 0 Å². The smallest absolute Gasteiger partial charge is 0.253 e. The van der Waals surface area contributed by atoms with Crippen LogP contribution in [0, 0.1) is 0 Å². The third-order valence-electron chi connectivity index (χ3n) is 2.30. The quantitative estimate of drug-likeness (QED) is 0.835. The molecule has 1 aromatic rings. The van der Waals surface area contributed by atoms with Crippen molar-refractivity contribution >= 4 is 34.5 Å². The molecule has 0 heterocycles. The summed E-state index contributed by atoms with van der Waals surface area (Å²) in [7, 11) is 1.77. The van der Waals surface area contributed by atoms with Crippen LogP contribution in [0.2, 0.25) is 0 Å². The minimum absolute atomic E-state index is 0.00155. The second kappa shape index (κ2) is 6.27. The fraction of sp³-hybridized carbons (Fsp3) is 0.364. The van der Waals surface area contributed by atoms with Gasteiger partial charge >= 0.3 is 0 Å². The number of hydrogen-bond acceptors (Lipinski definition) is 3. The zero-order valence-electron chi connectivity index (χ0n) is 9.11. The number of carbonyl (C=O) groups excluding carboxylic acids is 1. The van der Waals surface area contributed by atoms with Gasteiger partial charge in [-0.3, -0.25) is 4.79 Å². The topological polar surface area (TPSA) is 46.3 Å². The minimum Gasteiger partial charge on any atom is -0.341 e. The SMILES string of the molecule is CN(CCS)C(=O)c1ccc(CN)c(Br)c1. The molecule has 0 aliphatic carbocycles. The first-order valence-electron chi connectivity index (χ1n) is 4.95. The number of hydrogen-bond donors (Lipinski definition) is 2. The van der Waals surface area contributed by atoms with E-state index in [1.165, 1.54) is 0 Å². The first kappa shape index (κ1) is 13.5. The van der Waals surface area contributed by atoms with Crippen LogP contribution < -0.4 is 5.73 Å². The standard InChI is InChI=1S/C11H15BrN2OS/c1-14(4-5-16)11(15)8-2-3-9(7-13)10(12)6-8/h2-3,6,16H,4-5,7,13H2,1H3. The van der Waals surface area contributed by atoms with Gasteiger partial charge in [-0.25, -0.2) is 0 Å². The molecule has 0 radical (unpaired) electrons. The maximum absolute atomic E-state index is 11.9. The Labute approximate surface area is 110 Å². The Balaban J connectivity index is 2.88. The molecule has 5 heteroatoms. The maximum atomic E-state index is 11.9. The van der Waals surface area contributed by atoms with Gasteiger partial charge in [0, 0.05) is 35.9 Å². The largest absolute Gasteiger partial charge is 0.341 e. The van der Waals surface area contributed by atoms with E-state index in [4.69, 9.17) is 5.73 Å². The Morgan fingerprint density at radius 2 is 2.25 bits per heavy atom. The predicted molar refractivity (Wildman–Crippen MR) is 72.8 cm³/mol. The minimum atomic E-state index is -0.00155. The summed E-state index contributed by atoms with van der Waals surface area (Å²) in [6.07, 6.45) is 0. The molecule has 1 aromatic carbocycles. The molecule has 0 aliphatic heterocycles. The Hall–Kier alpha value is -0.520. The summed E-state index contributed by atoms with van der Waals surface area (Å²) in [4.78, 5) is 13.6. The van der Waals surface area contributed by atoms with Gasteiger partial charge in [0.15, 0.2) is 0 Å². The van der Waals surface area contributed by atoms with Gasteiger partial charge in [-0.2, -0.15) is 12.6 Å². The second-order valence-electron chi connectivity index (χ2n) is 3.46. The summed E-state index contributed by atoms with van der Waals surface area (Å²) < 4.78 is 0.875. The molecule has 0 fully saturated rings. The lowest BCUT2D eigenvalue weighted by molar-refractivity contribution is 0.0804. The highest BCUT2D eigenvalue weighted by molar-refractivity contribution is 9.10. The maximum Gasteiger partial charge on any atom is 0.253 e. The lowest BCUT2D eigenvalue weighted by Gasteiger charge is -2.16. The van der Waals surface area contributed by atoms with Crippen LogP contribution >= 0.6 is 28.6 Å². The van der Waals surface area contributed by atoms with E-state index in [1.54, 1.807) is 24.1 Å². The molecule has 3 nitrogen and oxygen atoms in total. The third-order valence-corrected chi connectivity index (χ3v) is 3.24. The number of amides is 1. The first-order chi connectivity index (χ1) is 7.60. The molecule has 2 N–H and O–H groups in total. The molecule has 0 unspecified atom stereocenters. The average molecular weight is 303 g/mol. The normalized spacial score (nSPS) is 10.2. The summed E-state index contributed by atoms with van der Waals surface area (Å²) in [6.45, 7) is 1.10. The van der Waals surface area contributed by atoms with E-state index >= 15 is 0 Å². The van der Waals surface area contributed by atoms with E-state index in [2.05, 4.69) is 28.6 Å². The molecule has 0 bridgehead atoms. The Kier molecular flexibility index (Phi) is 5.31. The predicted octanol–water partition coefficient (Wildman–Crippen LogP) is 1.91. The molecule has 0 atom stereocenters. The van der Waals surface area contributed by atoms with Crippen LogP contribution in [-0.2, 0) is 6.54 Å². The number of halogens is 1. The number of nitrogens with two attached hydrogens (primary N) is 1. The van der Waals surface area contributed by atoms with Crippen molar-refractivity contribution in [2.45, 2.75) is 6.54 Å². The van der Waals surface area contributed by atoms with E-state index in [1.807, 2.05) is 6.07 Å². The monoisotopic (exact) mass is 302 g/mol. The average Bonchev–Trinajstić information content (AvgIpc) is 2.28. The second-order valence-corrected chi connectivity index (χ2v) is 4.76. The van der Waals surface area contributed by atoms with E-state index in [-0.39, 0.29) is 5.91 Å². The molecule has 0 aliphatic rings. The Morgan fingerprint density at radius 1 is 1.56 bits per heavy atom. The molecular weight excluding hydrogens is 288 g/mol. The summed E-state index contributed by atoms with van der Waals surface area (Å²) >= 11 is 7.50. The molecule has 0 saturated heterocycles. The van der Waals surface area contributed by atoms with Crippen molar-refractivity contribution in [2.75, 3.05) is 19.3 Å². The zero-order valence-corrected chi connectivity index (χ0v) is 11.6. The van der Waals surface area contributed by atoms with Gasteiger partial charge in [-0.15, -0.1) is 0 Å². The number of carbonyl (C=O) groups is 1. The van der Waals surface area contributed by atoms with E-state index < -0.39 is 0 Å². The van der Waals surface area contributed by atoms with Gasteiger partial charge < -0.3 is 10.6 Å². The highest BCUT2D eigenvalue weighted by Crippen LogP contribution is 2.19. The number of thiol groups is 1. The third kappa shape index (κ3) is 3.23. The molecular formula is C11H15BrN2OS. The highest BCUT2D eigenvalue weighted by atomic mass is 79.9. The van der Waals surface area contributed by atoms with Crippen molar-refractivity contribution < 1.29 is 4.79 Å². The van der Waals surface area contributed by atoms with E-state index in [9.17, 15) is 4.79 Å². The molecule has 0 aromatic heterocycles. The lowest BCUT2D eigenvalue weighted by atomic mass is 10.1. The van der Waals surface area contributed by atoms with Crippen LogP contribution in [-0.4, -0.2) is 30.2 Å². The summed E-state index contributed by atoms with van der Waals surface area (Å²) in [5, 5.41) is 0. The van der Waals surface area contributed by atoms with Crippen LogP contribution in [0.25, 0.3) is 0 Å². The molecule has 1 rings (SSSR count). The number of benzene rings is 1. The lowest BCUT2D eigenvalue weighted by Crippen LogP contribution is -2.28. The number of rotatable bonds is 4. The summed E-state index contributed by atoms with van der Waals surface area (Å²) in [6, 6.07) is 5.47. The summed E-state index contributed by atoms with van der Waals surface area (Å²) in [5.74, 6) is 0.655. The van der Waals surface area contributed by atoms with Crippen LogP contribution in [0.4, 0.5) is 0 Å². The fourth-order valence-corrected chi connectivity index (χ4v) is 2.16. The molecule has 88 valence electrons.